The van der Waals surface area contributed by atoms with Crippen molar-refractivity contribution in [2.45, 2.75) is 0 Å². The Kier molecular flexibility index (Phi) is 7.71. The summed E-state index contributed by atoms with van der Waals surface area (Å²) in [5, 5.41) is 5.04. The van der Waals surface area contributed by atoms with Gasteiger partial charge in [0, 0.05) is 36.9 Å². The fourth-order valence-electron chi connectivity index (χ4n) is 7.49. The number of aromatic nitrogens is 2. The van der Waals surface area contributed by atoms with Gasteiger partial charge in [-0.2, -0.15) is 0 Å². The van der Waals surface area contributed by atoms with Gasteiger partial charge in [0.05, 0.1) is 11.4 Å². The Bertz CT molecular complexity index is 2940. The molecule has 0 amide bonds. The van der Waals surface area contributed by atoms with Crippen LogP contribution in [0.5, 0.6) is 0 Å². The highest BCUT2D eigenvalue weighted by Crippen LogP contribution is 2.42. The average molecular weight is 693 g/mol. The first-order valence-corrected chi connectivity index (χ1v) is 18.7. The molecule has 0 aliphatic carbocycles. The number of benzene rings is 8. The predicted molar refractivity (Wildman–Crippen MR) is 225 cm³/mol. The van der Waals surface area contributed by atoms with Crippen molar-refractivity contribution in [3.05, 3.63) is 194 Å². The summed E-state index contributed by atoms with van der Waals surface area (Å²) in [7, 11) is 0. The lowest BCUT2D eigenvalue weighted by atomic mass is 9.93. The van der Waals surface area contributed by atoms with Crippen molar-refractivity contribution in [3.8, 4) is 67.3 Å². The second kappa shape index (κ2) is 13.1. The number of hydrogen-bond acceptors (Lipinski definition) is 3. The van der Waals surface area contributed by atoms with E-state index in [-0.39, 0.29) is 0 Å². The van der Waals surface area contributed by atoms with Crippen LogP contribution in [0.25, 0.3) is 98.2 Å². The molecule has 0 aliphatic rings. The molecule has 10 rings (SSSR count). The van der Waals surface area contributed by atoms with E-state index < -0.39 is 0 Å². The zero-order valence-electron chi connectivity index (χ0n) is 28.8. The van der Waals surface area contributed by atoms with Crippen molar-refractivity contribution in [2.75, 3.05) is 0 Å². The second-order valence-electron chi connectivity index (χ2n) is 13.4. The average Bonchev–Trinajstić information content (AvgIpc) is 3.63. The van der Waals surface area contributed by atoms with E-state index in [0.29, 0.717) is 5.82 Å². The quantitative estimate of drug-likeness (QED) is 0.173. The van der Waals surface area contributed by atoms with Crippen LogP contribution in [0.4, 0.5) is 0 Å². The molecular weight excluding hydrogens is 661 g/mol. The summed E-state index contributed by atoms with van der Waals surface area (Å²) in [6, 6.07) is 69.2. The zero-order valence-corrected chi connectivity index (χ0v) is 29.6. The van der Waals surface area contributed by atoms with Gasteiger partial charge in [0.1, 0.15) is 0 Å². The van der Waals surface area contributed by atoms with Crippen LogP contribution in [0.15, 0.2) is 194 Å². The monoisotopic (exact) mass is 692 g/mol. The molecule has 0 radical (unpaired) electrons. The first-order valence-electron chi connectivity index (χ1n) is 17.9. The summed E-state index contributed by atoms with van der Waals surface area (Å²) in [6.07, 6.45) is 0. The number of fused-ring (bicyclic) bond motifs is 4. The number of hydrogen-bond donors (Lipinski definition) is 0. The Hall–Kier alpha value is -6.68. The highest BCUT2D eigenvalue weighted by Gasteiger charge is 2.16. The predicted octanol–water partition coefficient (Wildman–Crippen LogP) is 14.0. The maximum atomic E-state index is 5.35. The van der Waals surface area contributed by atoms with Gasteiger partial charge in [-0.1, -0.05) is 158 Å². The lowest BCUT2D eigenvalue weighted by Crippen LogP contribution is -1.97. The van der Waals surface area contributed by atoms with Crippen molar-refractivity contribution >= 4 is 42.3 Å². The van der Waals surface area contributed by atoms with Crippen LogP contribution < -0.4 is 0 Å². The van der Waals surface area contributed by atoms with E-state index in [4.69, 9.17) is 9.97 Å². The fraction of sp³-hybridized carbons (Fsp3) is 0. The summed E-state index contributed by atoms with van der Waals surface area (Å²) in [5.41, 5.74) is 11.9. The third-order valence-electron chi connectivity index (χ3n) is 10.1. The van der Waals surface area contributed by atoms with Gasteiger partial charge in [0.15, 0.2) is 5.82 Å². The molecule has 0 aliphatic heterocycles. The highest BCUT2D eigenvalue weighted by molar-refractivity contribution is 7.26. The fourth-order valence-corrected chi connectivity index (χ4v) is 8.72. The molecule has 0 saturated carbocycles. The van der Waals surface area contributed by atoms with Crippen LogP contribution in [0.2, 0.25) is 0 Å². The first-order chi connectivity index (χ1) is 26.2. The Morgan fingerprint density at radius 3 is 1.72 bits per heavy atom. The molecular formula is C50H32N2S. The van der Waals surface area contributed by atoms with E-state index >= 15 is 0 Å². The van der Waals surface area contributed by atoms with Crippen LogP contribution in [0.3, 0.4) is 0 Å². The molecule has 3 heteroatoms. The molecule has 0 atom stereocenters. The standard InChI is InChI=1S/C50H32N2S/c1-3-14-33(15-4-1)38-29-39(43-25-13-26-45-44-23-9-10-27-48(44)53-49(43)45)31-40(30-38)47-32-46(35-17-5-2-6-18-35)51-50(52-47)37-21-11-20-36(28-37)42-24-12-19-34-16-7-8-22-41(34)42/h1-32H. The van der Waals surface area contributed by atoms with Gasteiger partial charge in [0.2, 0.25) is 0 Å². The molecule has 0 spiro atoms. The van der Waals surface area contributed by atoms with E-state index in [9.17, 15) is 0 Å². The zero-order chi connectivity index (χ0) is 35.1. The van der Waals surface area contributed by atoms with E-state index in [1.807, 2.05) is 17.4 Å². The SMILES string of the molecule is c1ccc(-c2cc(-c3cc(-c4ccccc4)nc(-c4cccc(-c5cccc6ccccc56)c4)n3)cc(-c3cccc4c3sc3ccccc34)c2)cc1. The van der Waals surface area contributed by atoms with Crippen LogP contribution in [0.1, 0.15) is 0 Å². The molecule has 0 saturated heterocycles. The molecule has 0 fully saturated rings. The van der Waals surface area contributed by atoms with Gasteiger partial charge in [-0.3, -0.25) is 0 Å². The van der Waals surface area contributed by atoms with Crippen molar-refractivity contribution in [1.29, 1.82) is 0 Å². The summed E-state index contributed by atoms with van der Waals surface area (Å²) in [4.78, 5) is 10.6. The lowest BCUT2D eigenvalue weighted by molar-refractivity contribution is 1.18. The van der Waals surface area contributed by atoms with Crippen LogP contribution in [-0.2, 0) is 0 Å². The Balaban J connectivity index is 1.18. The molecule has 248 valence electrons. The van der Waals surface area contributed by atoms with Gasteiger partial charge in [-0.25, -0.2) is 9.97 Å². The van der Waals surface area contributed by atoms with E-state index in [0.717, 1.165) is 44.8 Å². The first kappa shape index (κ1) is 31.1. The van der Waals surface area contributed by atoms with Crippen molar-refractivity contribution in [2.24, 2.45) is 0 Å². The van der Waals surface area contributed by atoms with Gasteiger partial charge >= 0.3 is 0 Å². The summed E-state index contributed by atoms with van der Waals surface area (Å²) < 4.78 is 2.59. The van der Waals surface area contributed by atoms with Gasteiger partial charge in [-0.05, 0) is 80.6 Å². The third-order valence-corrected chi connectivity index (χ3v) is 11.3. The van der Waals surface area contributed by atoms with Crippen molar-refractivity contribution < 1.29 is 0 Å². The molecule has 0 unspecified atom stereocenters. The van der Waals surface area contributed by atoms with Crippen LogP contribution in [0, 0.1) is 0 Å². The number of nitrogens with zero attached hydrogens (tertiary/aromatic N) is 2. The lowest BCUT2D eigenvalue weighted by Gasteiger charge is -2.14. The van der Waals surface area contributed by atoms with E-state index in [2.05, 4.69) is 188 Å². The molecule has 2 heterocycles. The maximum absolute atomic E-state index is 5.35. The van der Waals surface area contributed by atoms with Crippen molar-refractivity contribution in [3.63, 3.8) is 0 Å². The second-order valence-corrected chi connectivity index (χ2v) is 14.4. The van der Waals surface area contributed by atoms with Crippen LogP contribution >= 0.6 is 11.3 Å². The summed E-state index contributed by atoms with van der Waals surface area (Å²) >= 11 is 1.86. The molecule has 2 aromatic heterocycles. The molecule has 0 N–H and O–H groups in total. The third kappa shape index (κ3) is 5.78. The topological polar surface area (TPSA) is 25.8 Å². The van der Waals surface area contributed by atoms with Gasteiger partial charge in [0.25, 0.3) is 0 Å². The van der Waals surface area contributed by atoms with E-state index in [1.165, 1.54) is 47.6 Å². The number of thiophene rings is 1. The largest absolute Gasteiger partial charge is 0.228 e. The minimum Gasteiger partial charge on any atom is -0.228 e. The maximum Gasteiger partial charge on any atom is 0.160 e. The van der Waals surface area contributed by atoms with E-state index in [1.54, 1.807) is 0 Å². The minimum absolute atomic E-state index is 0.696. The molecule has 53 heavy (non-hydrogen) atoms. The molecule has 10 aromatic rings. The minimum atomic E-state index is 0.696. The van der Waals surface area contributed by atoms with Gasteiger partial charge in [-0.15, -0.1) is 11.3 Å². The van der Waals surface area contributed by atoms with Gasteiger partial charge < -0.3 is 0 Å². The Labute approximate surface area is 312 Å². The summed E-state index contributed by atoms with van der Waals surface area (Å²) in [5.74, 6) is 0.696. The smallest absolute Gasteiger partial charge is 0.160 e. The Morgan fingerprint density at radius 1 is 0.321 bits per heavy atom. The Morgan fingerprint density at radius 2 is 0.868 bits per heavy atom. The normalized spacial score (nSPS) is 11.4. The highest BCUT2D eigenvalue weighted by atomic mass is 32.1. The van der Waals surface area contributed by atoms with Crippen LogP contribution in [-0.4, -0.2) is 9.97 Å². The molecule has 0 bridgehead atoms. The number of rotatable bonds is 6. The molecule has 8 aromatic carbocycles. The molecule has 2 nitrogen and oxygen atoms in total. The summed E-state index contributed by atoms with van der Waals surface area (Å²) in [6.45, 7) is 0. The van der Waals surface area contributed by atoms with Crippen molar-refractivity contribution in [1.82, 2.24) is 9.97 Å².